The van der Waals surface area contributed by atoms with Gasteiger partial charge in [-0.1, -0.05) is 148 Å². The fourth-order valence-corrected chi connectivity index (χ4v) is 4.90. The van der Waals surface area contributed by atoms with E-state index < -0.39 is 0 Å². The largest absolute Gasteiger partial charge is 0.342 e. The summed E-state index contributed by atoms with van der Waals surface area (Å²) < 4.78 is 0. The van der Waals surface area contributed by atoms with Crippen LogP contribution in [-0.4, -0.2) is 23.9 Å². The maximum atomic E-state index is 12.9. The molecule has 1 unspecified atom stereocenters. The standard InChI is InChI=1S/C35H67NO/c1-5-8-10-12-14-16-18-19-20-21-22-23-25-27-29-31-33-36(35(37)34(4)7-3)32-30-28-26-24-17-15-13-11-9-6-2/h14,16,19-20,34H,5-13,15,17-18,21-33H2,1-4H3/b16-14-,20-19-. The van der Waals surface area contributed by atoms with Crippen LogP contribution >= 0.6 is 0 Å². The SMILES string of the molecule is CCCCC/C=C\C/C=C\CCCCCCCCN(CCCCCCCCCCCC)C(=O)C(C)CC. The minimum atomic E-state index is 0.174. The van der Waals surface area contributed by atoms with Crippen molar-refractivity contribution in [2.45, 2.75) is 175 Å². The molecular formula is C35H67NO. The van der Waals surface area contributed by atoms with Crippen LogP contribution in [0, 0.1) is 5.92 Å². The Morgan fingerprint density at radius 1 is 0.541 bits per heavy atom. The van der Waals surface area contributed by atoms with E-state index in [2.05, 4.69) is 56.9 Å². The van der Waals surface area contributed by atoms with E-state index in [1.54, 1.807) is 0 Å². The number of carbonyl (C=O) groups excluding carboxylic acids is 1. The maximum Gasteiger partial charge on any atom is 0.225 e. The van der Waals surface area contributed by atoms with Gasteiger partial charge in [0.15, 0.2) is 0 Å². The Morgan fingerprint density at radius 3 is 1.38 bits per heavy atom. The Labute approximate surface area is 234 Å². The molecule has 0 N–H and O–H groups in total. The summed E-state index contributed by atoms with van der Waals surface area (Å²) in [6.45, 7) is 10.7. The molecular weight excluding hydrogens is 450 g/mol. The van der Waals surface area contributed by atoms with Gasteiger partial charge in [-0.15, -0.1) is 0 Å². The van der Waals surface area contributed by atoms with Gasteiger partial charge >= 0.3 is 0 Å². The summed E-state index contributed by atoms with van der Waals surface area (Å²) in [6.07, 6.45) is 39.1. The van der Waals surface area contributed by atoms with Gasteiger partial charge in [-0.2, -0.15) is 0 Å². The van der Waals surface area contributed by atoms with Crippen LogP contribution in [0.4, 0.5) is 0 Å². The van der Waals surface area contributed by atoms with E-state index in [0.717, 1.165) is 25.9 Å². The average Bonchev–Trinajstić information content (AvgIpc) is 2.91. The zero-order valence-corrected chi connectivity index (χ0v) is 25.9. The second kappa shape index (κ2) is 29.5. The number of unbranched alkanes of at least 4 members (excludes halogenated alkanes) is 18. The summed E-state index contributed by atoms with van der Waals surface area (Å²) in [5, 5.41) is 0. The van der Waals surface area contributed by atoms with E-state index in [4.69, 9.17) is 0 Å². The summed E-state index contributed by atoms with van der Waals surface area (Å²) in [6, 6.07) is 0. The zero-order valence-electron chi connectivity index (χ0n) is 25.9. The number of rotatable bonds is 28. The van der Waals surface area contributed by atoms with E-state index in [-0.39, 0.29) is 5.92 Å². The predicted molar refractivity (Wildman–Crippen MR) is 167 cm³/mol. The molecule has 0 aliphatic carbocycles. The second-order valence-corrected chi connectivity index (χ2v) is 11.4. The van der Waals surface area contributed by atoms with Crippen molar-refractivity contribution in [1.29, 1.82) is 0 Å². The summed E-state index contributed by atoms with van der Waals surface area (Å²) in [4.78, 5) is 15.1. The van der Waals surface area contributed by atoms with Crippen LogP contribution in [0.15, 0.2) is 24.3 Å². The van der Waals surface area contributed by atoms with Crippen LogP contribution in [0.2, 0.25) is 0 Å². The quantitative estimate of drug-likeness (QED) is 0.0746. The Hall–Kier alpha value is -1.05. The topological polar surface area (TPSA) is 20.3 Å². The fourth-order valence-electron chi connectivity index (χ4n) is 4.90. The van der Waals surface area contributed by atoms with Crippen molar-refractivity contribution < 1.29 is 4.79 Å². The Bertz CT molecular complexity index is 523. The fraction of sp³-hybridized carbons (Fsp3) is 0.857. The smallest absolute Gasteiger partial charge is 0.225 e. The highest BCUT2D eigenvalue weighted by molar-refractivity contribution is 5.78. The van der Waals surface area contributed by atoms with Gasteiger partial charge < -0.3 is 4.90 Å². The highest BCUT2D eigenvalue weighted by atomic mass is 16.2. The first kappa shape index (κ1) is 35.9. The van der Waals surface area contributed by atoms with Gasteiger partial charge in [-0.25, -0.2) is 0 Å². The zero-order chi connectivity index (χ0) is 27.2. The third-order valence-corrected chi connectivity index (χ3v) is 7.76. The lowest BCUT2D eigenvalue weighted by Gasteiger charge is -2.25. The Morgan fingerprint density at radius 2 is 0.919 bits per heavy atom. The molecule has 0 fully saturated rings. The lowest BCUT2D eigenvalue weighted by Crippen LogP contribution is -2.36. The van der Waals surface area contributed by atoms with Crippen molar-refractivity contribution in [3.63, 3.8) is 0 Å². The summed E-state index contributed by atoms with van der Waals surface area (Å²) in [5.41, 5.74) is 0. The molecule has 2 heteroatoms. The van der Waals surface area contributed by atoms with Crippen LogP contribution in [0.1, 0.15) is 175 Å². The minimum Gasteiger partial charge on any atom is -0.342 e. The molecule has 0 aromatic carbocycles. The first-order valence-corrected chi connectivity index (χ1v) is 16.8. The Balaban J connectivity index is 3.83. The number of amides is 1. The lowest BCUT2D eigenvalue weighted by atomic mass is 10.0. The van der Waals surface area contributed by atoms with Crippen molar-refractivity contribution in [2.24, 2.45) is 5.92 Å². The van der Waals surface area contributed by atoms with Gasteiger partial charge in [0.2, 0.25) is 5.91 Å². The molecule has 0 saturated heterocycles. The summed E-state index contributed by atoms with van der Waals surface area (Å²) >= 11 is 0. The van der Waals surface area contributed by atoms with Crippen molar-refractivity contribution >= 4 is 5.91 Å². The van der Waals surface area contributed by atoms with E-state index in [1.807, 2.05) is 0 Å². The van der Waals surface area contributed by atoms with Crippen LogP contribution in [-0.2, 0) is 4.79 Å². The van der Waals surface area contributed by atoms with Gasteiger partial charge in [-0.3, -0.25) is 4.79 Å². The van der Waals surface area contributed by atoms with Crippen molar-refractivity contribution in [3.05, 3.63) is 24.3 Å². The van der Waals surface area contributed by atoms with E-state index >= 15 is 0 Å². The normalized spacial score (nSPS) is 12.6. The summed E-state index contributed by atoms with van der Waals surface area (Å²) in [5.74, 6) is 0.564. The molecule has 1 amide bonds. The van der Waals surface area contributed by atoms with E-state index in [0.29, 0.717) is 5.91 Å². The average molecular weight is 518 g/mol. The number of hydrogen-bond acceptors (Lipinski definition) is 1. The lowest BCUT2D eigenvalue weighted by molar-refractivity contribution is -0.135. The van der Waals surface area contributed by atoms with Gasteiger partial charge in [0.05, 0.1) is 0 Å². The maximum absolute atomic E-state index is 12.9. The molecule has 2 nitrogen and oxygen atoms in total. The molecule has 0 spiro atoms. The number of nitrogens with zero attached hydrogens (tertiary/aromatic N) is 1. The molecule has 0 rings (SSSR count). The molecule has 218 valence electrons. The molecule has 0 radical (unpaired) electrons. The molecule has 0 bridgehead atoms. The molecule has 37 heavy (non-hydrogen) atoms. The predicted octanol–water partition coefficient (Wildman–Crippen LogP) is 11.6. The van der Waals surface area contributed by atoms with Gasteiger partial charge in [0.25, 0.3) is 0 Å². The van der Waals surface area contributed by atoms with Gasteiger partial charge in [0, 0.05) is 19.0 Å². The molecule has 0 aromatic rings. The van der Waals surface area contributed by atoms with E-state index in [9.17, 15) is 4.79 Å². The molecule has 0 aliphatic rings. The first-order chi connectivity index (χ1) is 18.2. The molecule has 0 aromatic heterocycles. The molecule has 0 aliphatic heterocycles. The number of hydrogen-bond donors (Lipinski definition) is 0. The van der Waals surface area contributed by atoms with Crippen LogP contribution in [0.5, 0.6) is 0 Å². The van der Waals surface area contributed by atoms with E-state index in [1.165, 1.54) is 135 Å². The van der Waals surface area contributed by atoms with Crippen LogP contribution < -0.4 is 0 Å². The Kier molecular flexibility index (Phi) is 28.7. The molecule has 0 heterocycles. The summed E-state index contributed by atoms with van der Waals surface area (Å²) in [7, 11) is 0. The van der Waals surface area contributed by atoms with Crippen LogP contribution in [0.3, 0.4) is 0 Å². The van der Waals surface area contributed by atoms with Gasteiger partial charge in [0.1, 0.15) is 0 Å². The minimum absolute atomic E-state index is 0.174. The monoisotopic (exact) mass is 518 g/mol. The van der Waals surface area contributed by atoms with Gasteiger partial charge in [-0.05, 0) is 51.4 Å². The molecule has 0 saturated carbocycles. The molecule has 1 atom stereocenters. The third kappa shape index (κ3) is 25.0. The first-order valence-electron chi connectivity index (χ1n) is 16.8. The second-order valence-electron chi connectivity index (χ2n) is 11.4. The highest BCUT2D eigenvalue weighted by Gasteiger charge is 2.18. The van der Waals surface area contributed by atoms with Crippen molar-refractivity contribution in [2.75, 3.05) is 13.1 Å². The third-order valence-electron chi connectivity index (χ3n) is 7.76. The van der Waals surface area contributed by atoms with Crippen molar-refractivity contribution in [1.82, 2.24) is 4.90 Å². The highest BCUT2D eigenvalue weighted by Crippen LogP contribution is 2.14. The van der Waals surface area contributed by atoms with Crippen LogP contribution in [0.25, 0.3) is 0 Å². The van der Waals surface area contributed by atoms with Crippen molar-refractivity contribution in [3.8, 4) is 0 Å². The number of carbonyl (C=O) groups is 1. The number of allylic oxidation sites excluding steroid dienone is 4.